The third-order valence-corrected chi connectivity index (χ3v) is 11.9. The summed E-state index contributed by atoms with van der Waals surface area (Å²) in [5.41, 5.74) is 8.82. The predicted molar refractivity (Wildman–Crippen MR) is 268 cm³/mol. The molecular formula is C58H47Cl2N7O8+2. The zero-order chi connectivity index (χ0) is 52.7. The highest BCUT2D eigenvalue weighted by atomic mass is 35.7. The van der Waals surface area contributed by atoms with Crippen molar-refractivity contribution in [3.05, 3.63) is 248 Å². The first kappa shape index (κ1) is 51.5. The maximum absolute atomic E-state index is 8.60. The van der Waals surface area contributed by atoms with Gasteiger partial charge in [-0.1, -0.05) is 167 Å². The van der Waals surface area contributed by atoms with E-state index in [1.807, 2.05) is 12.1 Å². The van der Waals surface area contributed by atoms with Gasteiger partial charge in [-0.05, 0) is 105 Å². The Morgan fingerprint density at radius 1 is 0.440 bits per heavy atom. The minimum Gasteiger partial charge on any atom is -0.378 e. The monoisotopic (exact) mass is 1040 g/mol. The van der Waals surface area contributed by atoms with Crippen molar-refractivity contribution in [1.82, 2.24) is 19.3 Å². The van der Waals surface area contributed by atoms with Crippen LogP contribution in [0.25, 0.3) is 78.7 Å². The van der Waals surface area contributed by atoms with Crippen LogP contribution >= 0.6 is 0 Å². The maximum atomic E-state index is 8.60. The Morgan fingerprint density at radius 2 is 0.773 bits per heavy atom. The molecule has 0 aliphatic carbocycles. The average Bonchev–Trinajstić information content (AvgIpc) is 4.08. The molecule has 0 spiro atoms. The van der Waals surface area contributed by atoms with E-state index in [-0.39, 0.29) is 0 Å². The summed E-state index contributed by atoms with van der Waals surface area (Å²) in [6, 6.07) is 80.9. The second-order valence-electron chi connectivity index (χ2n) is 17.0. The van der Waals surface area contributed by atoms with Crippen LogP contribution in [0.5, 0.6) is 0 Å². The lowest BCUT2D eigenvalue weighted by Crippen LogP contribution is -2.58. The third-order valence-electron chi connectivity index (χ3n) is 11.9. The van der Waals surface area contributed by atoms with Crippen molar-refractivity contribution in [2.75, 3.05) is 19.0 Å². The molecule has 0 fully saturated rings. The second kappa shape index (κ2) is 22.4. The first-order valence-electron chi connectivity index (χ1n) is 23.1. The van der Waals surface area contributed by atoms with Crippen LogP contribution in [0, 0.1) is 20.5 Å². The Balaban J connectivity index is 0.000000632. The van der Waals surface area contributed by atoms with E-state index in [9.17, 15) is 0 Å². The Kier molecular flexibility index (Phi) is 15.4. The molecule has 374 valence electrons. The molecule has 2 heterocycles. The standard InChI is InChI=1S/C58H45N7.2ClHO4/c1-61(2)47-39-37-42(38-40-47)41-52(55-59-64(48-29-11-5-12-30-48)57(45-23-7-3-8-24-45)62(55)53-35-19-27-43-21-15-17-33-50(43)53)56-60-65(49-31-13-6-14-32-49)58(46-25-9-4-10-26-46)63(56)54-36-20-28-44-22-16-18-34-51(44)54;2*2-1(3,4)5/h3-41H,1-2H3;2*(H,2,3,4,5)/q+2;;. The molecule has 0 radical (unpaired) electrons. The van der Waals surface area contributed by atoms with Crippen LogP contribution in [0.1, 0.15) is 17.2 Å². The molecule has 15 nitrogen and oxygen atoms in total. The maximum Gasteiger partial charge on any atom is 0.321 e. The summed E-state index contributed by atoms with van der Waals surface area (Å²) >= 11 is 0. The zero-order valence-corrected chi connectivity index (χ0v) is 41.8. The largest absolute Gasteiger partial charge is 0.378 e. The molecule has 11 aromatic rings. The molecule has 17 heteroatoms. The van der Waals surface area contributed by atoms with E-state index in [0.29, 0.717) is 11.6 Å². The van der Waals surface area contributed by atoms with E-state index in [1.165, 1.54) is 0 Å². The van der Waals surface area contributed by atoms with E-state index in [0.717, 1.165) is 83.9 Å². The minimum absolute atomic E-state index is 0.715. The first-order chi connectivity index (χ1) is 36.1. The lowest BCUT2D eigenvalue weighted by Gasteiger charge is -2.12. The summed E-state index contributed by atoms with van der Waals surface area (Å²) in [4.78, 5) is 2.12. The Morgan fingerprint density at radius 3 is 1.15 bits per heavy atom. The molecule has 2 aromatic heterocycles. The number of fused-ring (bicyclic) bond motifs is 2. The average molecular weight is 1040 g/mol. The number of nitrogens with zero attached hydrogens (tertiary/aromatic N) is 7. The van der Waals surface area contributed by atoms with Crippen molar-refractivity contribution in [3.63, 3.8) is 0 Å². The van der Waals surface area contributed by atoms with Crippen molar-refractivity contribution in [2.24, 2.45) is 0 Å². The van der Waals surface area contributed by atoms with Crippen LogP contribution in [0.15, 0.2) is 231 Å². The summed E-state index contributed by atoms with van der Waals surface area (Å²) < 4.78 is 74.3. The third kappa shape index (κ3) is 12.2. The molecule has 0 aliphatic heterocycles. The number of para-hydroxylation sites is 2. The van der Waals surface area contributed by atoms with Crippen LogP contribution in [0.2, 0.25) is 0 Å². The van der Waals surface area contributed by atoms with Gasteiger partial charge in [-0.25, -0.2) is 0 Å². The first-order valence-corrected chi connectivity index (χ1v) is 25.7. The number of aromatic nitrogens is 6. The van der Waals surface area contributed by atoms with Crippen LogP contribution < -0.4 is 42.2 Å². The van der Waals surface area contributed by atoms with Gasteiger partial charge < -0.3 is 4.90 Å². The van der Waals surface area contributed by atoms with Crippen LogP contribution in [-0.2, 0) is 0 Å². The summed E-state index contributed by atoms with van der Waals surface area (Å²) in [6.07, 6.45) is 2.25. The van der Waals surface area contributed by atoms with E-state index in [4.69, 9.17) is 47.5 Å². The van der Waals surface area contributed by atoms with Gasteiger partial charge in [0.2, 0.25) is 0 Å². The van der Waals surface area contributed by atoms with Crippen molar-refractivity contribution in [2.45, 2.75) is 0 Å². The Bertz CT molecular complexity index is 3500. The summed E-state index contributed by atoms with van der Waals surface area (Å²) in [7, 11) is -5.25. The Labute approximate surface area is 435 Å². The smallest absolute Gasteiger partial charge is 0.321 e. The molecule has 75 heavy (non-hydrogen) atoms. The van der Waals surface area contributed by atoms with Crippen molar-refractivity contribution in [1.29, 1.82) is 0 Å². The van der Waals surface area contributed by atoms with Crippen LogP contribution in [-0.4, -0.2) is 42.7 Å². The molecule has 9 aromatic carbocycles. The number of halogens is 2. The van der Waals surface area contributed by atoms with Gasteiger partial charge in [0.15, 0.2) is 11.4 Å². The summed E-state index contributed by atoms with van der Waals surface area (Å²) in [5, 5.41) is 16.0. The Hall–Kier alpha value is -8.42. The van der Waals surface area contributed by atoms with Gasteiger partial charge in [-0.3, -0.25) is 0 Å². The fourth-order valence-electron chi connectivity index (χ4n) is 8.82. The molecule has 0 unspecified atom stereocenters. The number of hydrogen-bond acceptors (Lipinski definition) is 11. The molecule has 0 bridgehead atoms. The quantitative estimate of drug-likeness (QED) is 0.188. The second-order valence-corrected chi connectivity index (χ2v) is 18.6. The summed E-state index contributed by atoms with van der Waals surface area (Å²) in [5.74, 6) is 3.23. The van der Waals surface area contributed by atoms with E-state index in [2.05, 4.69) is 262 Å². The van der Waals surface area contributed by atoms with Gasteiger partial charge in [0.25, 0.3) is 11.6 Å². The van der Waals surface area contributed by atoms with Crippen LogP contribution in [0.4, 0.5) is 5.69 Å². The highest BCUT2D eigenvalue weighted by Crippen LogP contribution is 2.37. The molecule has 0 atom stereocenters. The van der Waals surface area contributed by atoms with Gasteiger partial charge in [-0.15, -0.1) is 0 Å². The molecule has 0 amide bonds. The summed E-state index contributed by atoms with van der Waals surface area (Å²) in [6.45, 7) is 0. The van der Waals surface area contributed by atoms with Crippen LogP contribution in [0.3, 0.4) is 0 Å². The molecular weight excluding hydrogens is 994 g/mol. The lowest BCUT2D eigenvalue weighted by atomic mass is 10.0. The topological polar surface area (TPSA) is 225 Å². The van der Waals surface area contributed by atoms with Gasteiger partial charge in [0, 0.05) is 30.6 Å². The van der Waals surface area contributed by atoms with Gasteiger partial charge in [0.05, 0.1) is 40.9 Å². The molecule has 0 aliphatic rings. The van der Waals surface area contributed by atoms with E-state index < -0.39 is 20.5 Å². The van der Waals surface area contributed by atoms with Gasteiger partial charge in [-0.2, -0.15) is 37.1 Å². The lowest BCUT2D eigenvalue weighted by molar-refractivity contribution is -1.92. The van der Waals surface area contributed by atoms with E-state index >= 15 is 0 Å². The molecule has 0 saturated heterocycles. The highest BCUT2D eigenvalue weighted by molar-refractivity contribution is 5.95. The zero-order valence-electron chi connectivity index (χ0n) is 40.2. The fraction of sp³-hybridized carbons (Fsp3) is 0.0345. The number of hydrogen-bond donors (Lipinski definition) is 2. The fourth-order valence-corrected chi connectivity index (χ4v) is 8.82. The van der Waals surface area contributed by atoms with Gasteiger partial charge in [0.1, 0.15) is 16.9 Å². The minimum atomic E-state index is -4.69. The predicted octanol–water partition coefficient (Wildman–Crippen LogP) is 3.66. The van der Waals surface area contributed by atoms with Crippen molar-refractivity contribution >= 4 is 38.9 Å². The van der Waals surface area contributed by atoms with Gasteiger partial charge >= 0.3 is 11.6 Å². The van der Waals surface area contributed by atoms with Crippen molar-refractivity contribution < 1.29 is 67.1 Å². The van der Waals surface area contributed by atoms with Crippen molar-refractivity contribution in [3.8, 4) is 45.5 Å². The SMILES string of the molecule is CN(C)c1ccc(C=C(c2n[n+](-c3ccccc3)c(-c3ccccc3)n2-c2cccc3ccccc23)c2n[n+](-c3ccccc3)c(-c3ccccc3)n2-c2cccc3ccccc23)cc1.[O-][Cl+3]([O-])([O-])O.[O-][Cl+3]([O-])([O-])O. The molecule has 0 saturated carbocycles. The normalized spacial score (nSPS) is 11.3. The number of anilines is 1. The number of rotatable bonds is 10. The number of benzene rings is 9. The van der Waals surface area contributed by atoms with E-state index in [1.54, 1.807) is 0 Å². The molecule has 2 N–H and O–H groups in total. The molecule has 11 rings (SSSR count). The highest BCUT2D eigenvalue weighted by Gasteiger charge is 2.40.